The molecular formula is C10H15N3O. The maximum absolute atomic E-state index is 11.3. The summed E-state index contributed by atoms with van der Waals surface area (Å²) in [6.07, 6.45) is 3.02. The second-order valence-corrected chi connectivity index (χ2v) is 3.08. The zero-order valence-electron chi connectivity index (χ0n) is 8.36. The summed E-state index contributed by atoms with van der Waals surface area (Å²) >= 11 is 0. The second kappa shape index (κ2) is 5.34. The molecule has 4 heteroatoms. The molecule has 4 nitrogen and oxygen atoms in total. The molecule has 1 aromatic heterocycles. The predicted molar refractivity (Wildman–Crippen MR) is 56.2 cm³/mol. The van der Waals surface area contributed by atoms with E-state index in [-0.39, 0.29) is 5.56 Å². The second-order valence-electron chi connectivity index (χ2n) is 3.08. The Balaban J connectivity index is 2.56. The van der Waals surface area contributed by atoms with Crippen molar-refractivity contribution in [2.75, 3.05) is 13.1 Å². The molecule has 1 aromatic rings. The molecule has 0 aliphatic rings. The molecule has 0 amide bonds. The summed E-state index contributed by atoms with van der Waals surface area (Å²) < 4.78 is 1.54. The van der Waals surface area contributed by atoms with Crippen molar-refractivity contribution in [3.63, 3.8) is 0 Å². The van der Waals surface area contributed by atoms with E-state index in [9.17, 15) is 4.79 Å². The van der Waals surface area contributed by atoms with Crippen molar-refractivity contribution in [3.8, 4) is 0 Å². The molecule has 1 rings (SSSR count). The van der Waals surface area contributed by atoms with Crippen LogP contribution in [0.2, 0.25) is 0 Å². The lowest BCUT2D eigenvalue weighted by molar-refractivity contribution is 0.677. The van der Waals surface area contributed by atoms with Crippen LogP contribution in [-0.4, -0.2) is 22.6 Å². The highest BCUT2D eigenvalue weighted by molar-refractivity contribution is 4.98. The standard InChI is InChI=1S/C10H15N3O/c1-3-11-6-9(2)7-13-8-12-5-4-10(13)14/h4-5,8,11H,2-3,6-7H2,1H3. The van der Waals surface area contributed by atoms with Gasteiger partial charge in [0.25, 0.3) is 5.56 Å². The maximum Gasteiger partial charge on any atom is 0.253 e. The Bertz CT molecular complexity index is 356. The van der Waals surface area contributed by atoms with Crippen LogP contribution in [0.4, 0.5) is 0 Å². The van der Waals surface area contributed by atoms with Crippen LogP contribution in [0.5, 0.6) is 0 Å². The van der Waals surface area contributed by atoms with Crippen LogP contribution < -0.4 is 10.9 Å². The molecule has 0 saturated heterocycles. The van der Waals surface area contributed by atoms with Crippen molar-refractivity contribution in [2.24, 2.45) is 0 Å². The van der Waals surface area contributed by atoms with Crippen LogP contribution in [0.15, 0.2) is 35.5 Å². The number of nitrogens with zero attached hydrogens (tertiary/aromatic N) is 2. The number of nitrogens with one attached hydrogen (secondary N) is 1. The normalized spacial score (nSPS) is 10.1. The molecule has 0 atom stereocenters. The molecule has 0 radical (unpaired) electrons. The Labute approximate surface area is 83.3 Å². The lowest BCUT2D eigenvalue weighted by Gasteiger charge is -2.07. The topological polar surface area (TPSA) is 46.9 Å². The third kappa shape index (κ3) is 3.14. The van der Waals surface area contributed by atoms with Gasteiger partial charge in [-0.3, -0.25) is 9.36 Å². The van der Waals surface area contributed by atoms with Gasteiger partial charge in [-0.05, 0) is 12.1 Å². The first-order valence-corrected chi connectivity index (χ1v) is 4.62. The lowest BCUT2D eigenvalue weighted by atomic mass is 10.3. The van der Waals surface area contributed by atoms with E-state index in [1.807, 2.05) is 6.92 Å². The van der Waals surface area contributed by atoms with Crippen molar-refractivity contribution < 1.29 is 0 Å². The van der Waals surface area contributed by atoms with Gasteiger partial charge in [0.05, 0.1) is 6.33 Å². The Kier molecular flexibility index (Phi) is 4.07. The van der Waals surface area contributed by atoms with Gasteiger partial charge in [-0.2, -0.15) is 0 Å². The molecule has 1 N–H and O–H groups in total. The fourth-order valence-corrected chi connectivity index (χ4v) is 1.10. The van der Waals surface area contributed by atoms with Crippen molar-refractivity contribution in [1.82, 2.24) is 14.9 Å². The number of likely N-dealkylation sites (N-methyl/N-ethyl adjacent to an activating group) is 1. The van der Waals surface area contributed by atoms with Crippen molar-refractivity contribution in [1.29, 1.82) is 0 Å². The van der Waals surface area contributed by atoms with Gasteiger partial charge in [0.15, 0.2) is 0 Å². The first kappa shape index (κ1) is 10.7. The highest BCUT2D eigenvalue weighted by atomic mass is 16.1. The fraction of sp³-hybridized carbons (Fsp3) is 0.400. The largest absolute Gasteiger partial charge is 0.313 e. The van der Waals surface area contributed by atoms with E-state index in [2.05, 4.69) is 16.9 Å². The third-order valence-electron chi connectivity index (χ3n) is 1.81. The molecule has 0 aliphatic heterocycles. The van der Waals surface area contributed by atoms with E-state index in [1.54, 1.807) is 4.57 Å². The predicted octanol–water partition coefficient (Wildman–Crippen LogP) is 0.409. The summed E-state index contributed by atoms with van der Waals surface area (Å²) in [6, 6.07) is 1.44. The summed E-state index contributed by atoms with van der Waals surface area (Å²) in [5, 5.41) is 3.15. The van der Waals surface area contributed by atoms with Crippen LogP contribution in [0, 0.1) is 0 Å². The average molecular weight is 193 g/mol. The summed E-state index contributed by atoms with van der Waals surface area (Å²) in [5.74, 6) is 0. The average Bonchev–Trinajstić information content (AvgIpc) is 2.18. The zero-order chi connectivity index (χ0) is 10.4. The van der Waals surface area contributed by atoms with Gasteiger partial charge < -0.3 is 5.32 Å². The van der Waals surface area contributed by atoms with Crippen molar-refractivity contribution in [3.05, 3.63) is 41.1 Å². The highest BCUT2D eigenvalue weighted by Crippen LogP contribution is 1.91. The summed E-state index contributed by atoms with van der Waals surface area (Å²) in [5.41, 5.74) is 0.930. The van der Waals surface area contributed by atoms with E-state index >= 15 is 0 Å². The van der Waals surface area contributed by atoms with Crippen LogP contribution >= 0.6 is 0 Å². The molecule has 0 fully saturated rings. The van der Waals surface area contributed by atoms with Crippen LogP contribution in [-0.2, 0) is 6.54 Å². The van der Waals surface area contributed by atoms with Crippen molar-refractivity contribution in [2.45, 2.75) is 13.5 Å². The SMILES string of the molecule is C=C(CNCC)Cn1cnccc1=O. The van der Waals surface area contributed by atoms with Crippen LogP contribution in [0.3, 0.4) is 0 Å². The fourth-order valence-electron chi connectivity index (χ4n) is 1.10. The lowest BCUT2D eigenvalue weighted by Crippen LogP contribution is -2.24. The molecule has 0 saturated carbocycles. The number of aromatic nitrogens is 2. The Morgan fingerprint density at radius 2 is 2.50 bits per heavy atom. The first-order valence-electron chi connectivity index (χ1n) is 4.62. The third-order valence-corrected chi connectivity index (χ3v) is 1.81. The maximum atomic E-state index is 11.3. The molecule has 14 heavy (non-hydrogen) atoms. The molecule has 0 spiro atoms. The van der Waals surface area contributed by atoms with Crippen LogP contribution in [0.1, 0.15) is 6.92 Å². The molecule has 76 valence electrons. The summed E-state index contributed by atoms with van der Waals surface area (Å²) in [6.45, 7) is 8.08. The van der Waals surface area contributed by atoms with Gasteiger partial charge in [0.2, 0.25) is 0 Å². The number of hydrogen-bond donors (Lipinski definition) is 1. The number of rotatable bonds is 5. The van der Waals surface area contributed by atoms with E-state index in [0.29, 0.717) is 6.54 Å². The van der Waals surface area contributed by atoms with Gasteiger partial charge in [0, 0.05) is 25.4 Å². The van der Waals surface area contributed by atoms with E-state index in [4.69, 9.17) is 0 Å². The molecule has 0 aliphatic carbocycles. The van der Waals surface area contributed by atoms with Gasteiger partial charge in [-0.25, -0.2) is 4.98 Å². The van der Waals surface area contributed by atoms with Gasteiger partial charge >= 0.3 is 0 Å². The minimum atomic E-state index is -0.0438. The van der Waals surface area contributed by atoms with Crippen molar-refractivity contribution >= 4 is 0 Å². The minimum absolute atomic E-state index is 0.0438. The molecular weight excluding hydrogens is 178 g/mol. The Hall–Kier alpha value is -1.42. The number of hydrogen-bond acceptors (Lipinski definition) is 3. The molecule has 0 unspecified atom stereocenters. The molecule has 1 heterocycles. The van der Waals surface area contributed by atoms with E-state index in [1.165, 1.54) is 18.6 Å². The summed E-state index contributed by atoms with van der Waals surface area (Å²) in [7, 11) is 0. The minimum Gasteiger partial charge on any atom is -0.313 e. The monoisotopic (exact) mass is 193 g/mol. The molecule has 0 aromatic carbocycles. The van der Waals surface area contributed by atoms with Crippen LogP contribution in [0.25, 0.3) is 0 Å². The quantitative estimate of drug-likeness (QED) is 0.689. The smallest absolute Gasteiger partial charge is 0.253 e. The van der Waals surface area contributed by atoms with E-state index in [0.717, 1.165) is 18.7 Å². The molecule has 0 bridgehead atoms. The highest BCUT2D eigenvalue weighted by Gasteiger charge is 1.97. The summed E-state index contributed by atoms with van der Waals surface area (Å²) in [4.78, 5) is 15.2. The van der Waals surface area contributed by atoms with Gasteiger partial charge in [0.1, 0.15) is 0 Å². The van der Waals surface area contributed by atoms with E-state index < -0.39 is 0 Å². The Morgan fingerprint density at radius 1 is 1.71 bits per heavy atom. The first-order chi connectivity index (χ1) is 6.74. The van der Waals surface area contributed by atoms with Gasteiger partial charge in [-0.15, -0.1) is 0 Å². The van der Waals surface area contributed by atoms with Gasteiger partial charge in [-0.1, -0.05) is 13.5 Å². The Morgan fingerprint density at radius 3 is 3.14 bits per heavy atom. The zero-order valence-corrected chi connectivity index (χ0v) is 8.36.